The highest BCUT2D eigenvalue weighted by atomic mass is 15.2. The molecule has 372 valence electrons. The van der Waals surface area contributed by atoms with Crippen LogP contribution in [0.4, 0.5) is 56.9 Å². The molecule has 0 N–H and O–H groups in total. The molecule has 0 spiro atoms. The van der Waals surface area contributed by atoms with Crippen molar-refractivity contribution in [3.8, 4) is 33.4 Å². The van der Waals surface area contributed by atoms with Crippen molar-refractivity contribution in [3.05, 3.63) is 314 Å². The van der Waals surface area contributed by atoms with Gasteiger partial charge >= 0.3 is 0 Å². The molecule has 4 nitrogen and oxygen atoms in total. The Morgan fingerprint density at radius 3 is 0.844 bits per heavy atom. The van der Waals surface area contributed by atoms with E-state index in [1.165, 1.54) is 44.8 Å². The van der Waals surface area contributed by atoms with Crippen molar-refractivity contribution >= 4 is 56.9 Å². The molecule has 0 fully saturated rings. The first-order valence-electron chi connectivity index (χ1n) is 26.9. The molecule has 0 aliphatic heterocycles. The third kappa shape index (κ3) is 10.6. The zero-order valence-electron chi connectivity index (χ0n) is 43.4. The summed E-state index contributed by atoms with van der Waals surface area (Å²) < 4.78 is 0. The molecular formula is C73H60N4. The van der Waals surface area contributed by atoms with Gasteiger partial charge in [-0.15, -0.1) is 0 Å². The highest BCUT2D eigenvalue weighted by molar-refractivity contribution is 5.84. The predicted octanol–water partition coefficient (Wildman–Crippen LogP) is 20.7. The van der Waals surface area contributed by atoms with Crippen LogP contribution in [0.5, 0.6) is 0 Å². The van der Waals surface area contributed by atoms with Crippen LogP contribution in [-0.2, 0) is 0 Å². The van der Waals surface area contributed by atoms with Gasteiger partial charge in [0, 0.05) is 68.3 Å². The normalized spacial score (nSPS) is 12.8. The van der Waals surface area contributed by atoms with Crippen molar-refractivity contribution in [2.45, 2.75) is 32.6 Å². The molecule has 0 heterocycles. The number of hydrogen-bond acceptors (Lipinski definition) is 4. The molecular weight excluding hydrogens is 933 g/mol. The summed E-state index contributed by atoms with van der Waals surface area (Å²) in [5, 5.41) is 0. The summed E-state index contributed by atoms with van der Waals surface area (Å²) in [6, 6.07) is 94.2. The van der Waals surface area contributed by atoms with Crippen molar-refractivity contribution in [2.75, 3.05) is 19.6 Å². The van der Waals surface area contributed by atoms with Gasteiger partial charge in [0.2, 0.25) is 0 Å². The molecule has 0 radical (unpaired) electrons. The Balaban J connectivity index is 0.782. The van der Waals surface area contributed by atoms with E-state index in [1.807, 2.05) is 0 Å². The largest absolute Gasteiger partial charge is 0.311 e. The minimum atomic E-state index is 1.05. The first-order valence-corrected chi connectivity index (χ1v) is 26.9. The van der Waals surface area contributed by atoms with Gasteiger partial charge in [-0.1, -0.05) is 164 Å². The molecule has 4 heteroatoms. The maximum Gasteiger partial charge on any atom is 0.0491 e. The number of hydrogen-bond donors (Lipinski definition) is 0. The number of allylic oxidation sites excluding steroid dienone is 6. The maximum atomic E-state index is 2.36. The van der Waals surface area contributed by atoms with Crippen molar-refractivity contribution in [1.29, 1.82) is 0 Å². The van der Waals surface area contributed by atoms with E-state index >= 15 is 0 Å². The molecule has 0 unspecified atom stereocenters. The summed E-state index contributed by atoms with van der Waals surface area (Å²) in [6.07, 6.45) is 17.9. The SMILES string of the molecule is Cc1cc(-c2ccc(N(c3ccccc3)c3ccc(-c4ccc(N(C5=CCCC=C5)c5ccccc5)cc4)cc3)cc2)ccc1N(c1ccccc1)c1ccc(-c2ccc(N(C3=CCCC=C3)c3ccccc3)cc2)cc1. The van der Waals surface area contributed by atoms with Crippen molar-refractivity contribution in [2.24, 2.45) is 0 Å². The molecule has 2 aliphatic rings. The lowest BCUT2D eigenvalue weighted by Crippen LogP contribution is -2.16. The fourth-order valence-electron chi connectivity index (χ4n) is 10.7. The van der Waals surface area contributed by atoms with E-state index in [-0.39, 0.29) is 0 Å². The lowest BCUT2D eigenvalue weighted by Gasteiger charge is -2.28. The van der Waals surface area contributed by atoms with Gasteiger partial charge < -0.3 is 19.6 Å². The van der Waals surface area contributed by atoms with Crippen LogP contribution in [0.1, 0.15) is 31.2 Å². The minimum Gasteiger partial charge on any atom is -0.311 e. The summed E-state index contributed by atoms with van der Waals surface area (Å²) in [5.74, 6) is 0. The highest BCUT2D eigenvalue weighted by Gasteiger charge is 2.20. The molecule has 0 saturated carbocycles. The van der Waals surface area contributed by atoms with Crippen LogP contribution in [0.15, 0.2) is 309 Å². The van der Waals surface area contributed by atoms with E-state index in [0.717, 1.165) is 88.1 Å². The van der Waals surface area contributed by atoms with Crippen LogP contribution in [0.3, 0.4) is 0 Å². The Morgan fingerprint density at radius 2 is 0.519 bits per heavy atom. The van der Waals surface area contributed by atoms with Gasteiger partial charge in [0.05, 0.1) is 0 Å². The van der Waals surface area contributed by atoms with Crippen molar-refractivity contribution in [3.63, 3.8) is 0 Å². The van der Waals surface area contributed by atoms with Crippen LogP contribution in [0, 0.1) is 6.92 Å². The standard InChI is InChI=1S/C73H60N4/c1-55-54-61(42-53-73(55)77(67-30-18-7-19-31-67)72-51-38-59(39-52-72)58-34-45-69(46-35-58)75(64-24-12-4-13-25-64)65-26-14-5-15-27-65)60-40-49-71(50-41-60)76(66-28-16-6-17-29-66)70-47-36-57(37-48-70)56-32-43-68(44-33-56)74(62-20-8-2-9-21-62)63-22-10-3-11-23-63/h2,4,6-10,12-14,16-54H,3,5,11,15H2,1H3. The number of anilines is 10. The van der Waals surface area contributed by atoms with Crippen molar-refractivity contribution in [1.82, 2.24) is 0 Å². The lowest BCUT2D eigenvalue weighted by atomic mass is 10.00. The predicted molar refractivity (Wildman–Crippen MR) is 327 cm³/mol. The van der Waals surface area contributed by atoms with E-state index in [2.05, 4.69) is 324 Å². The number of aryl methyl sites for hydroxylation is 1. The van der Waals surface area contributed by atoms with E-state index in [0.29, 0.717) is 0 Å². The molecule has 0 saturated heterocycles. The van der Waals surface area contributed by atoms with Gasteiger partial charge in [0.25, 0.3) is 0 Å². The molecule has 0 bridgehead atoms. The maximum absolute atomic E-state index is 2.36. The zero-order chi connectivity index (χ0) is 51.8. The monoisotopic (exact) mass is 992 g/mol. The van der Waals surface area contributed by atoms with E-state index in [1.54, 1.807) is 0 Å². The average molecular weight is 993 g/mol. The molecule has 10 aromatic carbocycles. The second-order valence-electron chi connectivity index (χ2n) is 19.6. The smallest absolute Gasteiger partial charge is 0.0491 e. The lowest BCUT2D eigenvalue weighted by molar-refractivity contribution is 0.997. The topological polar surface area (TPSA) is 13.0 Å². The van der Waals surface area contributed by atoms with Crippen LogP contribution in [0.2, 0.25) is 0 Å². The van der Waals surface area contributed by atoms with Gasteiger partial charge in [-0.05, 0) is 205 Å². The summed E-state index contributed by atoms with van der Waals surface area (Å²) in [7, 11) is 0. The van der Waals surface area contributed by atoms with Gasteiger partial charge in [-0.2, -0.15) is 0 Å². The van der Waals surface area contributed by atoms with Gasteiger partial charge in [-0.3, -0.25) is 0 Å². The van der Waals surface area contributed by atoms with Crippen LogP contribution in [0.25, 0.3) is 33.4 Å². The summed E-state index contributed by atoms with van der Waals surface area (Å²) in [4.78, 5) is 9.39. The van der Waals surface area contributed by atoms with Crippen molar-refractivity contribution < 1.29 is 0 Å². The highest BCUT2D eigenvalue weighted by Crippen LogP contribution is 2.42. The van der Waals surface area contributed by atoms with Gasteiger partial charge in [0.15, 0.2) is 0 Å². The molecule has 0 amide bonds. The summed E-state index contributed by atoms with van der Waals surface area (Å²) >= 11 is 0. The van der Waals surface area contributed by atoms with Crippen LogP contribution >= 0.6 is 0 Å². The number of para-hydroxylation sites is 4. The molecule has 77 heavy (non-hydrogen) atoms. The quantitative estimate of drug-likeness (QED) is 0.101. The molecule has 0 atom stereocenters. The Labute approximate surface area is 454 Å². The second-order valence-corrected chi connectivity index (χ2v) is 19.6. The first kappa shape index (κ1) is 48.3. The second kappa shape index (κ2) is 22.5. The Kier molecular flexibility index (Phi) is 14.1. The summed E-state index contributed by atoms with van der Waals surface area (Å²) in [6.45, 7) is 2.22. The van der Waals surface area contributed by atoms with Gasteiger partial charge in [-0.25, -0.2) is 0 Å². The van der Waals surface area contributed by atoms with Gasteiger partial charge in [0.1, 0.15) is 0 Å². The Hall–Kier alpha value is -9.64. The first-order chi connectivity index (χ1) is 38.1. The van der Waals surface area contributed by atoms with E-state index < -0.39 is 0 Å². The Morgan fingerprint density at radius 1 is 0.247 bits per heavy atom. The number of rotatable bonds is 15. The zero-order valence-corrected chi connectivity index (χ0v) is 43.4. The number of benzene rings is 10. The van der Waals surface area contributed by atoms with E-state index in [9.17, 15) is 0 Å². The van der Waals surface area contributed by atoms with E-state index in [4.69, 9.17) is 0 Å². The number of nitrogens with zero attached hydrogens (tertiary/aromatic N) is 4. The molecule has 0 aromatic heterocycles. The summed E-state index contributed by atoms with van der Waals surface area (Å²) in [5.41, 5.74) is 21.9. The van der Waals surface area contributed by atoms with Crippen LogP contribution < -0.4 is 19.6 Å². The third-order valence-electron chi connectivity index (χ3n) is 14.6. The Bertz CT molecular complexity index is 3700. The third-order valence-corrected chi connectivity index (χ3v) is 14.6. The fraction of sp³-hybridized carbons (Fsp3) is 0.0685. The molecule has 2 aliphatic carbocycles. The average Bonchev–Trinajstić information content (AvgIpc) is 3.52. The van der Waals surface area contributed by atoms with Crippen LogP contribution in [-0.4, -0.2) is 0 Å². The minimum absolute atomic E-state index is 1.05. The molecule has 12 rings (SSSR count). The molecule has 10 aromatic rings. The fourth-order valence-corrected chi connectivity index (χ4v) is 10.7.